The van der Waals surface area contributed by atoms with Crippen LogP contribution in [-0.2, 0) is 0 Å². The molecule has 98 valence electrons. The van der Waals surface area contributed by atoms with Crippen molar-refractivity contribution in [1.29, 1.82) is 5.26 Å². The van der Waals surface area contributed by atoms with Gasteiger partial charge in [-0.1, -0.05) is 13.3 Å². The molecule has 0 radical (unpaired) electrons. The predicted octanol–water partition coefficient (Wildman–Crippen LogP) is 2.55. The van der Waals surface area contributed by atoms with Crippen molar-refractivity contribution in [3.63, 3.8) is 0 Å². The molecule has 1 rings (SSSR count). The molecule has 0 bridgehead atoms. The molecule has 1 heterocycles. The number of rotatable bonds is 5. The fourth-order valence-electron chi connectivity index (χ4n) is 2.48. The highest BCUT2D eigenvalue weighted by molar-refractivity contribution is 4.93. The van der Waals surface area contributed by atoms with Gasteiger partial charge in [0.25, 0.3) is 0 Å². The SMILES string of the molecule is CCC(O)C1CCCCN1CCC(C)(C)C#N. The first-order valence-corrected chi connectivity index (χ1v) is 6.83. The van der Waals surface area contributed by atoms with Crippen molar-refractivity contribution >= 4 is 0 Å². The third-order valence-corrected chi connectivity index (χ3v) is 3.85. The van der Waals surface area contributed by atoms with E-state index < -0.39 is 0 Å². The molecular weight excluding hydrogens is 212 g/mol. The third-order valence-electron chi connectivity index (χ3n) is 3.85. The summed E-state index contributed by atoms with van der Waals surface area (Å²) in [6, 6.07) is 2.66. The van der Waals surface area contributed by atoms with Crippen LogP contribution in [0.3, 0.4) is 0 Å². The molecule has 0 aromatic carbocycles. The minimum Gasteiger partial charge on any atom is -0.392 e. The molecule has 0 aliphatic carbocycles. The van der Waals surface area contributed by atoms with E-state index in [0.29, 0.717) is 6.04 Å². The van der Waals surface area contributed by atoms with Crippen molar-refractivity contribution in [2.24, 2.45) is 5.41 Å². The molecule has 0 aromatic rings. The van der Waals surface area contributed by atoms with E-state index in [2.05, 4.69) is 11.0 Å². The van der Waals surface area contributed by atoms with Gasteiger partial charge in [-0.2, -0.15) is 5.26 Å². The summed E-state index contributed by atoms with van der Waals surface area (Å²) >= 11 is 0. The molecule has 0 spiro atoms. The Balaban J connectivity index is 2.52. The molecule has 3 nitrogen and oxygen atoms in total. The predicted molar refractivity (Wildman–Crippen MR) is 69.5 cm³/mol. The number of nitrogens with zero attached hydrogens (tertiary/aromatic N) is 2. The van der Waals surface area contributed by atoms with E-state index in [4.69, 9.17) is 5.26 Å². The Morgan fingerprint density at radius 3 is 2.76 bits per heavy atom. The fraction of sp³-hybridized carbons (Fsp3) is 0.929. The average Bonchev–Trinajstić information content (AvgIpc) is 2.36. The lowest BCUT2D eigenvalue weighted by Crippen LogP contribution is -2.47. The Bertz CT molecular complexity index is 270. The van der Waals surface area contributed by atoms with Crippen LogP contribution in [0.15, 0.2) is 0 Å². The van der Waals surface area contributed by atoms with Crippen molar-refractivity contribution in [3.05, 3.63) is 0 Å². The zero-order chi connectivity index (χ0) is 12.9. The molecule has 3 heteroatoms. The maximum absolute atomic E-state index is 10.0. The lowest BCUT2D eigenvalue weighted by molar-refractivity contribution is 0.0202. The Labute approximate surface area is 105 Å². The fourth-order valence-corrected chi connectivity index (χ4v) is 2.48. The quantitative estimate of drug-likeness (QED) is 0.800. The molecule has 1 saturated heterocycles. The Kier molecular flexibility index (Phi) is 5.42. The Morgan fingerprint density at radius 1 is 1.47 bits per heavy atom. The van der Waals surface area contributed by atoms with Crippen LogP contribution in [0.5, 0.6) is 0 Å². The summed E-state index contributed by atoms with van der Waals surface area (Å²) in [5, 5.41) is 19.1. The summed E-state index contributed by atoms with van der Waals surface area (Å²) < 4.78 is 0. The van der Waals surface area contributed by atoms with Crippen LogP contribution < -0.4 is 0 Å². The van der Waals surface area contributed by atoms with Crippen LogP contribution in [0.2, 0.25) is 0 Å². The first kappa shape index (κ1) is 14.5. The second-order valence-electron chi connectivity index (χ2n) is 5.82. The van der Waals surface area contributed by atoms with Gasteiger partial charge >= 0.3 is 0 Å². The number of likely N-dealkylation sites (tertiary alicyclic amines) is 1. The number of piperidine rings is 1. The van der Waals surface area contributed by atoms with Crippen LogP contribution >= 0.6 is 0 Å². The standard InChI is InChI=1S/C14H26N2O/c1-4-13(17)12-7-5-6-9-16(12)10-8-14(2,3)11-15/h12-13,17H,4-10H2,1-3H3. The molecule has 1 aliphatic heterocycles. The molecule has 17 heavy (non-hydrogen) atoms. The van der Waals surface area contributed by atoms with Gasteiger partial charge in [-0.05, 0) is 46.1 Å². The van der Waals surface area contributed by atoms with Gasteiger partial charge in [-0.25, -0.2) is 0 Å². The van der Waals surface area contributed by atoms with Gasteiger partial charge in [0.05, 0.1) is 17.6 Å². The summed E-state index contributed by atoms with van der Waals surface area (Å²) in [6.45, 7) is 8.02. The van der Waals surface area contributed by atoms with Gasteiger partial charge in [0, 0.05) is 12.6 Å². The summed E-state index contributed by atoms with van der Waals surface area (Å²) in [4.78, 5) is 2.39. The molecule has 2 unspecified atom stereocenters. The summed E-state index contributed by atoms with van der Waals surface area (Å²) in [5.41, 5.74) is -0.251. The molecular formula is C14H26N2O. The van der Waals surface area contributed by atoms with Crippen LogP contribution in [-0.4, -0.2) is 35.2 Å². The number of nitriles is 1. The monoisotopic (exact) mass is 238 g/mol. The van der Waals surface area contributed by atoms with Crippen molar-refractivity contribution < 1.29 is 5.11 Å². The van der Waals surface area contributed by atoms with Crippen molar-refractivity contribution in [2.45, 2.75) is 65.0 Å². The third kappa shape index (κ3) is 4.29. The first-order chi connectivity index (χ1) is 8.00. The van der Waals surface area contributed by atoms with Crippen molar-refractivity contribution in [2.75, 3.05) is 13.1 Å². The van der Waals surface area contributed by atoms with Crippen LogP contribution in [0.4, 0.5) is 0 Å². The van der Waals surface area contributed by atoms with E-state index in [1.807, 2.05) is 20.8 Å². The molecule has 1 fully saturated rings. The second kappa shape index (κ2) is 6.37. The van der Waals surface area contributed by atoms with E-state index in [1.54, 1.807) is 0 Å². The minimum atomic E-state index is -0.251. The number of aliphatic hydroxyl groups excluding tert-OH is 1. The number of aliphatic hydroxyl groups is 1. The van der Waals surface area contributed by atoms with E-state index in [1.165, 1.54) is 12.8 Å². The van der Waals surface area contributed by atoms with Crippen LogP contribution in [0, 0.1) is 16.7 Å². The van der Waals surface area contributed by atoms with Gasteiger partial charge in [0.2, 0.25) is 0 Å². The summed E-state index contributed by atoms with van der Waals surface area (Å²) in [5.74, 6) is 0. The van der Waals surface area contributed by atoms with Gasteiger partial charge in [0.15, 0.2) is 0 Å². The first-order valence-electron chi connectivity index (χ1n) is 6.83. The van der Waals surface area contributed by atoms with Crippen LogP contribution in [0.25, 0.3) is 0 Å². The summed E-state index contributed by atoms with van der Waals surface area (Å²) in [6.07, 6.45) is 5.04. The minimum absolute atomic E-state index is 0.208. The lowest BCUT2D eigenvalue weighted by atomic mass is 9.89. The number of hydrogen-bond donors (Lipinski definition) is 1. The number of hydrogen-bond acceptors (Lipinski definition) is 3. The maximum Gasteiger partial charge on any atom is 0.0692 e. The zero-order valence-electron chi connectivity index (χ0n) is 11.4. The molecule has 0 saturated carbocycles. The van der Waals surface area contributed by atoms with E-state index in [-0.39, 0.29) is 11.5 Å². The highest BCUT2D eigenvalue weighted by Crippen LogP contribution is 2.25. The second-order valence-corrected chi connectivity index (χ2v) is 5.82. The Hall–Kier alpha value is -0.590. The zero-order valence-corrected chi connectivity index (χ0v) is 11.4. The van der Waals surface area contributed by atoms with Gasteiger partial charge in [-0.15, -0.1) is 0 Å². The molecule has 0 aromatic heterocycles. The maximum atomic E-state index is 10.0. The van der Waals surface area contributed by atoms with E-state index in [0.717, 1.165) is 32.4 Å². The van der Waals surface area contributed by atoms with E-state index in [9.17, 15) is 5.11 Å². The van der Waals surface area contributed by atoms with Crippen molar-refractivity contribution in [1.82, 2.24) is 4.90 Å². The highest BCUT2D eigenvalue weighted by atomic mass is 16.3. The van der Waals surface area contributed by atoms with Crippen LogP contribution in [0.1, 0.15) is 52.9 Å². The molecule has 1 N–H and O–H groups in total. The van der Waals surface area contributed by atoms with Gasteiger partial charge in [0.1, 0.15) is 0 Å². The molecule has 2 atom stereocenters. The topological polar surface area (TPSA) is 47.3 Å². The molecule has 0 amide bonds. The van der Waals surface area contributed by atoms with Crippen molar-refractivity contribution in [3.8, 4) is 6.07 Å². The highest BCUT2D eigenvalue weighted by Gasteiger charge is 2.29. The smallest absolute Gasteiger partial charge is 0.0692 e. The van der Waals surface area contributed by atoms with Gasteiger partial charge < -0.3 is 5.11 Å². The van der Waals surface area contributed by atoms with Gasteiger partial charge in [-0.3, -0.25) is 4.90 Å². The summed E-state index contributed by atoms with van der Waals surface area (Å²) in [7, 11) is 0. The molecule has 1 aliphatic rings. The Morgan fingerprint density at radius 2 is 2.18 bits per heavy atom. The lowest BCUT2D eigenvalue weighted by Gasteiger charge is -2.39. The average molecular weight is 238 g/mol. The normalized spacial score (nSPS) is 24.3. The van der Waals surface area contributed by atoms with E-state index >= 15 is 0 Å². The largest absolute Gasteiger partial charge is 0.392 e.